The van der Waals surface area contributed by atoms with E-state index in [0.29, 0.717) is 17.5 Å². The number of carboxylic acids is 2. The minimum absolute atomic E-state index is 0.00172. The molecule has 31 heteroatoms. The number of hydrogen-bond donors (Lipinski definition) is 16. The molecule has 21 N–H and O–H groups in total. The van der Waals surface area contributed by atoms with Gasteiger partial charge in [-0.3, -0.25) is 62.5 Å². The Morgan fingerprint density at radius 1 is 0.639 bits per heavy atom. The molecule has 0 saturated heterocycles. The van der Waals surface area contributed by atoms with Crippen LogP contribution in [0.5, 0.6) is 0 Å². The third kappa shape index (κ3) is 24.3. The molecular weight excluding hydrogens is 1090 g/mol. The molecule has 2 rings (SSSR count). The number of hydrogen-bond acceptors (Lipinski definition) is 16. The molecule has 462 valence electrons. The van der Waals surface area contributed by atoms with Gasteiger partial charge in [-0.25, -0.2) is 4.79 Å². The molecule has 1 aliphatic rings. The molecule has 11 amide bonds. The lowest BCUT2D eigenvalue weighted by atomic mass is 9.96. The highest BCUT2D eigenvalue weighted by atomic mass is 16.4. The summed E-state index contributed by atoms with van der Waals surface area (Å²) in [6, 6.07) is -6.83. The SMILES string of the molecule is CC[C@H](C)[C@H](NC(=O)CN1Cc2ccccc2C[C@H](NC(=O)[C@@H](N)CC(=O)O)C1=O)C(=O)N[C@@H](CC(C)C)C(=O)N[C@@H](CCC(N)=O)C(=O)N[C@H](C(=O)N[C@@H](CC(N)=O)C(=O)N[C@@H](CO)C(=O)N[C@@H](CCCN=C(N)N)C(=O)O)[C@@H](C)CC. The van der Waals surface area contributed by atoms with Gasteiger partial charge in [0.2, 0.25) is 65.0 Å². The average Bonchev–Trinajstić information content (AvgIpc) is 3.90. The zero-order valence-electron chi connectivity index (χ0n) is 47.6. The van der Waals surface area contributed by atoms with Crippen LogP contribution >= 0.6 is 0 Å². The number of aliphatic carboxylic acids is 2. The van der Waals surface area contributed by atoms with Gasteiger partial charge in [0.15, 0.2) is 5.96 Å². The van der Waals surface area contributed by atoms with Gasteiger partial charge in [0, 0.05) is 25.9 Å². The van der Waals surface area contributed by atoms with Crippen molar-refractivity contribution in [2.45, 2.75) is 167 Å². The van der Waals surface area contributed by atoms with Crippen molar-refractivity contribution in [2.75, 3.05) is 19.7 Å². The fourth-order valence-corrected chi connectivity index (χ4v) is 8.54. The molecule has 0 fully saturated rings. The van der Waals surface area contributed by atoms with E-state index in [-0.39, 0.29) is 57.1 Å². The molecule has 0 spiro atoms. The van der Waals surface area contributed by atoms with Crippen molar-refractivity contribution in [2.24, 2.45) is 51.4 Å². The van der Waals surface area contributed by atoms with Crippen molar-refractivity contribution in [1.29, 1.82) is 0 Å². The Kier molecular flexibility index (Phi) is 29.5. The first kappa shape index (κ1) is 70.6. The summed E-state index contributed by atoms with van der Waals surface area (Å²) in [5.74, 6) is -15.3. The summed E-state index contributed by atoms with van der Waals surface area (Å²) in [6.07, 6.45) is -2.03. The highest BCUT2D eigenvalue weighted by Gasteiger charge is 2.38. The maximum atomic E-state index is 14.3. The van der Waals surface area contributed by atoms with Gasteiger partial charge in [-0.2, -0.15) is 0 Å². The number of carbonyl (C=O) groups excluding carboxylic acids is 11. The van der Waals surface area contributed by atoms with Crippen LogP contribution in [0.25, 0.3) is 0 Å². The third-order valence-corrected chi connectivity index (χ3v) is 13.6. The molecule has 11 atom stereocenters. The average molecular weight is 1170 g/mol. The molecule has 31 nitrogen and oxygen atoms in total. The maximum Gasteiger partial charge on any atom is 0.326 e. The molecule has 1 aliphatic heterocycles. The Labute approximate surface area is 479 Å². The van der Waals surface area contributed by atoms with Crippen LogP contribution in [0.4, 0.5) is 0 Å². The van der Waals surface area contributed by atoms with Gasteiger partial charge in [-0.05, 0) is 54.6 Å². The standard InChI is InChI=1S/C52H83N15O16/c1-7-26(5)41(65-39(71)23-67-22-29-13-10-9-12-28(29)19-35(50(67)81)63-43(74)30(53)20-40(72)73)48(79)61-33(18-25(3)4)45(76)59-31(15-16-37(54)69)44(75)66-42(27(6)8-2)49(80)62-34(21-38(55)70)46(77)64-36(24-68)47(78)60-32(51(82)83)14-11-17-58-52(56)57/h9-10,12-13,25-27,30-36,41-42,68H,7-8,11,14-24,53H2,1-6H3,(H2,54,69)(H2,55,70)(H,59,76)(H,60,78)(H,61,79)(H,62,80)(H,63,74)(H,64,77)(H,65,71)(H,66,75)(H,72,73)(H,82,83)(H4,56,57,58)/t26-,27-,30-,31-,32-,33-,34-,35-,36-,41-,42-/m0/s1. The number of aliphatic hydroxyl groups excluding tert-OH is 1. The maximum absolute atomic E-state index is 14.3. The zero-order valence-corrected chi connectivity index (χ0v) is 47.6. The van der Waals surface area contributed by atoms with E-state index in [1.54, 1.807) is 65.8 Å². The van der Waals surface area contributed by atoms with E-state index in [1.807, 2.05) is 0 Å². The van der Waals surface area contributed by atoms with Crippen LogP contribution in [-0.2, 0) is 75.3 Å². The fourth-order valence-electron chi connectivity index (χ4n) is 8.54. The van der Waals surface area contributed by atoms with Gasteiger partial charge < -0.3 is 91.4 Å². The number of carboxylic acid groups (broad SMARTS) is 2. The molecule has 0 unspecified atom stereocenters. The van der Waals surface area contributed by atoms with Gasteiger partial charge in [-0.1, -0.05) is 78.6 Å². The van der Waals surface area contributed by atoms with E-state index in [9.17, 15) is 72.5 Å². The number of benzene rings is 1. The lowest BCUT2D eigenvalue weighted by molar-refractivity contribution is -0.143. The van der Waals surface area contributed by atoms with E-state index < -0.39 is 182 Å². The molecular formula is C52H83N15O16. The van der Waals surface area contributed by atoms with Crippen LogP contribution in [0.15, 0.2) is 29.3 Å². The Hall–Kier alpha value is -8.48. The number of carbonyl (C=O) groups is 13. The summed E-state index contributed by atoms with van der Waals surface area (Å²) in [7, 11) is 0. The summed E-state index contributed by atoms with van der Waals surface area (Å²) in [5.41, 5.74) is 28.5. The summed E-state index contributed by atoms with van der Waals surface area (Å²) in [6.45, 7) is 8.33. The molecule has 0 aromatic heterocycles. The minimum Gasteiger partial charge on any atom is -0.481 e. The topological polar surface area (TPSA) is 525 Å². The Morgan fingerprint density at radius 2 is 1.16 bits per heavy atom. The van der Waals surface area contributed by atoms with Crippen LogP contribution in [0, 0.1) is 17.8 Å². The summed E-state index contributed by atoms with van der Waals surface area (Å²) in [4.78, 5) is 177. The third-order valence-electron chi connectivity index (χ3n) is 13.6. The smallest absolute Gasteiger partial charge is 0.326 e. The molecule has 1 heterocycles. The number of fused-ring (bicyclic) bond motifs is 1. The van der Waals surface area contributed by atoms with Crippen LogP contribution in [-0.4, -0.2) is 177 Å². The second-order valence-electron chi connectivity index (χ2n) is 20.8. The number of aliphatic hydroxyl groups is 1. The number of primary amides is 2. The highest BCUT2D eigenvalue weighted by molar-refractivity contribution is 5.99. The number of nitrogens with two attached hydrogens (primary N) is 5. The number of guanidine groups is 1. The van der Waals surface area contributed by atoms with Crippen LogP contribution in [0.2, 0.25) is 0 Å². The Balaban J connectivity index is 2.38. The van der Waals surface area contributed by atoms with Crippen LogP contribution in [0.1, 0.15) is 110 Å². The minimum atomic E-state index is -1.84. The predicted molar refractivity (Wildman–Crippen MR) is 296 cm³/mol. The largest absolute Gasteiger partial charge is 0.481 e. The van der Waals surface area contributed by atoms with Crippen LogP contribution in [0.3, 0.4) is 0 Å². The molecule has 1 aromatic rings. The number of nitrogens with zero attached hydrogens (tertiary/aromatic N) is 2. The second-order valence-corrected chi connectivity index (χ2v) is 20.8. The normalized spacial score (nSPS) is 16.6. The monoisotopic (exact) mass is 1170 g/mol. The lowest BCUT2D eigenvalue weighted by Gasteiger charge is -2.30. The van der Waals surface area contributed by atoms with Crippen molar-refractivity contribution in [3.8, 4) is 0 Å². The van der Waals surface area contributed by atoms with Crippen molar-refractivity contribution in [1.82, 2.24) is 47.4 Å². The Bertz CT molecular complexity index is 2530. The van der Waals surface area contributed by atoms with Crippen molar-refractivity contribution >= 4 is 82.9 Å². The van der Waals surface area contributed by atoms with Gasteiger partial charge in [0.05, 0.1) is 32.0 Å². The number of nitrogens with one attached hydrogen (secondary N) is 8. The van der Waals surface area contributed by atoms with E-state index in [1.165, 1.54) is 4.90 Å². The van der Waals surface area contributed by atoms with Crippen molar-refractivity contribution < 1.29 is 77.6 Å². The first-order valence-electron chi connectivity index (χ1n) is 27.1. The van der Waals surface area contributed by atoms with Crippen molar-refractivity contribution in [3.05, 3.63) is 35.4 Å². The van der Waals surface area contributed by atoms with Gasteiger partial charge in [0.25, 0.3) is 0 Å². The van der Waals surface area contributed by atoms with E-state index in [0.717, 1.165) is 0 Å². The number of aliphatic imine (C=N–C) groups is 1. The van der Waals surface area contributed by atoms with Crippen LogP contribution < -0.4 is 71.2 Å². The molecule has 0 aliphatic carbocycles. The fraction of sp³-hybridized carbons (Fsp3) is 0.615. The highest BCUT2D eigenvalue weighted by Crippen LogP contribution is 2.21. The van der Waals surface area contributed by atoms with E-state index in [4.69, 9.17) is 33.8 Å². The second kappa shape index (κ2) is 34.7. The van der Waals surface area contributed by atoms with E-state index in [2.05, 4.69) is 47.5 Å². The molecule has 83 heavy (non-hydrogen) atoms. The molecule has 0 saturated carbocycles. The zero-order chi connectivity index (χ0) is 62.8. The summed E-state index contributed by atoms with van der Waals surface area (Å²) < 4.78 is 0. The van der Waals surface area contributed by atoms with Gasteiger partial charge in [-0.15, -0.1) is 0 Å². The molecule has 1 aromatic carbocycles. The molecule has 0 radical (unpaired) electrons. The van der Waals surface area contributed by atoms with Crippen molar-refractivity contribution in [3.63, 3.8) is 0 Å². The first-order valence-corrected chi connectivity index (χ1v) is 27.1. The van der Waals surface area contributed by atoms with Gasteiger partial charge >= 0.3 is 11.9 Å². The van der Waals surface area contributed by atoms with Gasteiger partial charge in [0.1, 0.15) is 48.3 Å². The number of rotatable bonds is 36. The number of amides is 11. The summed E-state index contributed by atoms with van der Waals surface area (Å²) in [5, 5.41) is 48.4. The summed E-state index contributed by atoms with van der Waals surface area (Å²) >= 11 is 0. The predicted octanol–water partition coefficient (Wildman–Crippen LogP) is -5.34. The lowest BCUT2D eigenvalue weighted by Crippen LogP contribution is -2.62. The molecule has 0 bridgehead atoms. The Morgan fingerprint density at radius 3 is 1.69 bits per heavy atom. The van der Waals surface area contributed by atoms with E-state index >= 15 is 0 Å². The first-order chi connectivity index (χ1) is 38.9. The quantitative estimate of drug-likeness (QED) is 0.0169.